The predicted octanol–water partition coefficient (Wildman–Crippen LogP) is 4.25. The van der Waals surface area contributed by atoms with Crippen LogP contribution in [-0.2, 0) is 4.74 Å². The Hall–Kier alpha value is -3.79. The van der Waals surface area contributed by atoms with Crippen LogP contribution in [0, 0.1) is 6.92 Å². The highest BCUT2D eigenvalue weighted by atomic mass is 32.1. The molecule has 1 atom stereocenters. The molecule has 0 spiro atoms. The number of hydrogen-bond donors (Lipinski definition) is 2. The first-order valence-electron chi connectivity index (χ1n) is 10.4. The zero-order valence-corrected chi connectivity index (χ0v) is 19.0. The summed E-state index contributed by atoms with van der Waals surface area (Å²) in [5.74, 6) is -0.874. The average Bonchev–Trinajstić information content (AvgIpc) is 3.50. The zero-order chi connectivity index (χ0) is 23.4. The van der Waals surface area contributed by atoms with Gasteiger partial charge in [-0.25, -0.2) is 9.59 Å². The number of amides is 3. The van der Waals surface area contributed by atoms with Gasteiger partial charge in [0.25, 0.3) is 5.91 Å². The van der Waals surface area contributed by atoms with Crippen molar-refractivity contribution in [3.05, 3.63) is 69.7 Å². The average molecular weight is 466 g/mol. The number of nitrogens with zero attached hydrogens (tertiary/aromatic N) is 3. The van der Waals surface area contributed by atoms with Gasteiger partial charge in [-0.2, -0.15) is 0 Å². The third kappa shape index (κ3) is 5.01. The van der Waals surface area contributed by atoms with Crippen LogP contribution >= 0.6 is 11.3 Å². The Morgan fingerprint density at radius 2 is 1.82 bits per heavy atom. The minimum absolute atomic E-state index is 0.230. The molecule has 0 saturated carbocycles. The molecule has 1 fully saturated rings. The number of aromatic nitrogens is 2. The lowest BCUT2D eigenvalue weighted by Gasteiger charge is -2.23. The second-order valence-electron chi connectivity index (χ2n) is 7.58. The molecule has 2 aromatic carbocycles. The quantitative estimate of drug-likeness (QED) is 0.545. The topological polar surface area (TPSA) is 114 Å². The number of hydrogen-bond acceptors (Lipinski definition) is 7. The number of carbonyl (C=O) groups is 3. The number of anilines is 2. The number of para-hydroxylation sites is 1. The van der Waals surface area contributed by atoms with Crippen LogP contribution in [0.3, 0.4) is 0 Å². The number of methoxy groups -OCH3 is 1. The maximum Gasteiger partial charge on any atom is 0.339 e. The molecule has 1 saturated heterocycles. The third-order valence-corrected chi connectivity index (χ3v) is 6.34. The molecule has 2 N–H and O–H groups in total. The van der Waals surface area contributed by atoms with Crippen LogP contribution in [0.1, 0.15) is 49.6 Å². The van der Waals surface area contributed by atoms with E-state index in [0.29, 0.717) is 29.3 Å². The van der Waals surface area contributed by atoms with Gasteiger partial charge < -0.3 is 20.3 Å². The molecule has 3 amide bonds. The van der Waals surface area contributed by atoms with E-state index in [1.807, 2.05) is 31.2 Å². The van der Waals surface area contributed by atoms with Crippen molar-refractivity contribution in [1.29, 1.82) is 0 Å². The molecule has 0 unspecified atom stereocenters. The van der Waals surface area contributed by atoms with Gasteiger partial charge in [0.1, 0.15) is 5.01 Å². The van der Waals surface area contributed by atoms with Crippen molar-refractivity contribution >= 4 is 40.6 Å². The molecule has 33 heavy (non-hydrogen) atoms. The fourth-order valence-corrected chi connectivity index (χ4v) is 4.50. The molecular weight excluding hydrogens is 442 g/mol. The first kappa shape index (κ1) is 22.4. The lowest BCUT2D eigenvalue weighted by atomic mass is 10.2. The fourth-order valence-electron chi connectivity index (χ4n) is 3.62. The van der Waals surface area contributed by atoms with Gasteiger partial charge in [0.2, 0.25) is 5.01 Å². The monoisotopic (exact) mass is 465 g/mol. The number of ether oxygens (including phenoxy) is 1. The molecule has 0 bridgehead atoms. The Kier molecular flexibility index (Phi) is 6.64. The van der Waals surface area contributed by atoms with Crippen LogP contribution in [0.4, 0.5) is 16.2 Å². The molecule has 9 nitrogen and oxygen atoms in total. The number of rotatable bonds is 5. The highest BCUT2D eigenvalue weighted by Gasteiger charge is 2.33. The first-order chi connectivity index (χ1) is 16.0. The summed E-state index contributed by atoms with van der Waals surface area (Å²) in [4.78, 5) is 39.2. The van der Waals surface area contributed by atoms with Crippen LogP contribution in [0.2, 0.25) is 0 Å². The minimum Gasteiger partial charge on any atom is -0.465 e. The molecule has 170 valence electrons. The van der Waals surface area contributed by atoms with Crippen molar-refractivity contribution in [2.45, 2.75) is 25.8 Å². The van der Waals surface area contributed by atoms with E-state index in [1.165, 1.54) is 18.4 Å². The van der Waals surface area contributed by atoms with Crippen molar-refractivity contribution in [2.24, 2.45) is 0 Å². The Morgan fingerprint density at radius 3 is 2.58 bits per heavy atom. The number of carbonyl (C=O) groups excluding carboxylic acids is 3. The summed E-state index contributed by atoms with van der Waals surface area (Å²) in [6.07, 6.45) is 1.50. The van der Waals surface area contributed by atoms with Crippen molar-refractivity contribution in [3.8, 4) is 0 Å². The van der Waals surface area contributed by atoms with Crippen LogP contribution in [-0.4, -0.2) is 46.7 Å². The zero-order valence-electron chi connectivity index (χ0n) is 18.2. The molecule has 1 aliphatic heterocycles. The van der Waals surface area contributed by atoms with E-state index in [4.69, 9.17) is 4.74 Å². The summed E-state index contributed by atoms with van der Waals surface area (Å²) in [5, 5.41) is 14.7. The summed E-state index contributed by atoms with van der Waals surface area (Å²) < 4.78 is 4.79. The molecule has 3 aromatic rings. The van der Waals surface area contributed by atoms with Crippen molar-refractivity contribution in [3.63, 3.8) is 0 Å². The Morgan fingerprint density at radius 1 is 1.06 bits per heavy atom. The van der Waals surface area contributed by atoms with E-state index < -0.39 is 5.97 Å². The van der Waals surface area contributed by atoms with Crippen molar-refractivity contribution in [1.82, 2.24) is 15.1 Å². The lowest BCUT2D eigenvalue weighted by molar-refractivity contribution is 0.0601. The maximum absolute atomic E-state index is 13.0. The fraction of sp³-hybridized carbons (Fsp3) is 0.261. The highest BCUT2D eigenvalue weighted by Crippen LogP contribution is 2.34. The van der Waals surface area contributed by atoms with E-state index in [-0.39, 0.29) is 28.6 Å². The predicted molar refractivity (Wildman–Crippen MR) is 125 cm³/mol. The maximum atomic E-state index is 13.0. The summed E-state index contributed by atoms with van der Waals surface area (Å²) in [7, 11) is 1.29. The smallest absolute Gasteiger partial charge is 0.339 e. The molecule has 1 aromatic heterocycles. The van der Waals surface area contributed by atoms with Crippen LogP contribution < -0.4 is 10.6 Å². The number of esters is 1. The Bertz CT molecular complexity index is 1180. The summed E-state index contributed by atoms with van der Waals surface area (Å²) in [5.41, 5.74) is 2.42. The van der Waals surface area contributed by atoms with E-state index in [2.05, 4.69) is 20.8 Å². The number of benzene rings is 2. The largest absolute Gasteiger partial charge is 0.465 e. The molecule has 10 heteroatoms. The van der Waals surface area contributed by atoms with Crippen molar-refractivity contribution in [2.75, 3.05) is 24.3 Å². The second-order valence-corrected chi connectivity index (χ2v) is 8.59. The second kappa shape index (κ2) is 9.78. The van der Waals surface area contributed by atoms with Crippen LogP contribution in [0.5, 0.6) is 0 Å². The van der Waals surface area contributed by atoms with Crippen LogP contribution in [0.25, 0.3) is 0 Å². The molecule has 0 radical (unpaired) electrons. The number of likely N-dealkylation sites (tertiary alicyclic amines) is 1. The number of urea groups is 1. The minimum atomic E-state index is -0.530. The van der Waals surface area contributed by atoms with Gasteiger partial charge in [0.05, 0.1) is 24.4 Å². The van der Waals surface area contributed by atoms with Gasteiger partial charge in [0, 0.05) is 12.2 Å². The molecule has 2 heterocycles. The van der Waals surface area contributed by atoms with E-state index in [0.717, 1.165) is 12.0 Å². The highest BCUT2D eigenvalue weighted by molar-refractivity contribution is 7.13. The van der Waals surface area contributed by atoms with Gasteiger partial charge >= 0.3 is 12.0 Å². The summed E-state index contributed by atoms with van der Waals surface area (Å²) >= 11 is 1.17. The third-order valence-electron chi connectivity index (χ3n) is 5.32. The van der Waals surface area contributed by atoms with E-state index >= 15 is 0 Å². The standard InChI is InChI=1S/C23H23N5O4S/c1-14-9-11-15(12-10-14)24-19(29)21-27-26-20(33-21)18-8-5-13-28(18)23(31)25-17-7-4-3-6-16(17)22(30)32-2/h3-4,6-7,9-12,18H,5,8,13H2,1-2H3,(H,24,29)(H,25,31)/t18-/m0/s1. The summed E-state index contributed by atoms with van der Waals surface area (Å²) in [6.45, 7) is 2.50. The van der Waals surface area contributed by atoms with Gasteiger partial charge in [-0.3, -0.25) is 4.79 Å². The Balaban J connectivity index is 1.46. The molecule has 1 aliphatic rings. The lowest BCUT2D eigenvalue weighted by Crippen LogP contribution is -2.34. The van der Waals surface area contributed by atoms with Gasteiger partial charge in [0.15, 0.2) is 0 Å². The van der Waals surface area contributed by atoms with Crippen molar-refractivity contribution < 1.29 is 19.1 Å². The molecule has 4 rings (SSSR count). The summed E-state index contributed by atoms with van der Waals surface area (Å²) in [6, 6.07) is 13.5. The van der Waals surface area contributed by atoms with Gasteiger partial charge in [-0.05, 0) is 44.0 Å². The number of nitrogens with one attached hydrogen (secondary N) is 2. The molecular formula is C23H23N5O4S. The molecule has 0 aliphatic carbocycles. The van der Waals surface area contributed by atoms with Gasteiger partial charge in [-0.15, -0.1) is 10.2 Å². The van der Waals surface area contributed by atoms with E-state index in [1.54, 1.807) is 29.2 Å². The SMILES string of the molecule is COC(=O)c1ccccc1NC(=O)N1CCC[C@H]1c1nnc(C(=O)Nc2ccc(C)cc2)s1. The number of aryl methyl sites for hydroxylation is 1. The normalized spacial score (nSPS) is 15.2. The van der Waals surface area contributed by atoms with Crippen LogP contribution in [0.15, 0.2) is 48.5 Å². The van der Waals surface area contributed by atoms with Gasteiger partial charge in [-0.1, -0.05) is 41.2 Å². The first-order valence-corrected chi connectivity index (χ1v) is 11.2. The Labute approximate surface area is 194 Å². The van der Waals surface area contributed by atoms with E-state index in [9.17, 15) is 14.4 Å².